The van der Waals surface area contributed by atoms with Crippen LogP contribution in [0.15, 0.2) is 29.2 Å². The van der Waals surface area contributed by atoms with Crippen molar-refractivity contribution in [3.05, 3.63) is 24.3 Å². The molecule has 0 aliphatic carbocycles. The zero-order chi connectivity index (χ0) is 10.3. The van der Waals surface area contributed by atoms with E-state index in [-0.39, 0.29) is 4.90 Å². The highest BCUT2D eigenvalue weighted by Gasteiger charge is 2.34. The van der Waals surface area contributed by atoms with Crippen LogP contribution < -0.4 is 5.32 Å². The van der Waals surface area contributed by atoms with Crippen molar-refractivity contribution in [3.8, 4) is 0 Å². The third-order valence-corrected chi connectivity index (χ3v) is 4.59. The number of benzene rings is 1. The van der Waals surface area contributed by atoms with E-state index in [9.17, 15) is 8.42 Å². The molecule has 1 aromatic carbocycles. The number of halogens is 1. The number of anilines is 1. The molecular weight excluding hydrogens is 224 g/mol. The SMILES string of the molecule is CC1Nc2ccccc2S(=O)(=O)N1Cl. The molecule has 0 bridgehead atoms. The monoisotopic (exact) mass is 232 g/mol. The Balaban J connectivity index is 2.66. The van der Waals surface area contributed by atoms with Crippen molar-refractivity contribution in [2.24, 2.45) is 0 Å². The number of nitrogens with zero attached hydrogens (tertiary/aromatic N) is 1. The van der Waals surface area contributed by atoms with Crippen LogP contribution in [0.2, 0.25) is 0 Å². The van der Waals surface area contributed by atoms with Gasteiger partial charge in [-0.05, 0) is 30.8 Å². The molecule has 1 atom stereocenters. The molecule has 2 rings (SSSR count). The first-order valence-corrected chi connectivity index (χ1v) is 5.87. The van der Waals surface area contributed by atoms with Crippen LogP contribution in [0, 0.1) is 0 Å². The van der Waals surface area contributed by atoms with Crippen molar-refractivity contribution in [2.45, 2.75) is 18.0 Å². The molecule has 0 radical (unpaired) electrons. The van der Waals surface area contributed by atoms with E-state index in [0.29, 0.717) is 5.69 Å². The number of para-hydroxylation sites is 1. The lowest BCUT2D eigenvalue weighted by Crippen LogP contribution is -2.40. The van der Waals surface area contributed by atoms with E-state index in [1.807, 2.05) is 0 Å². The highest BCUT2D eigenvalue weighted by molar-refractivity contribution is 7.90. The van der Waals surface area contributed by atoms with Gasteiger partial charge in [-0.25, -0.2) is 8.42 Å². The molecule has 4 nitrogen and oxygen atoms in total. The highest BCUT2D eigenvalue weighted by atomic mass is 35.5. The van der Waals surface area contributed by atoms with Gasteiger partial charge in [0, 0.05) is 0 Å². The number of rotatable bonds is 0. The van der Waals surface area contributed by atoms with Crippen LogP contribution in [0.25, 0.3) is 0 Å². The normalized spacial score (nSPS) is 25.1. The lowest BCUT2D eigenvalue weighted by molar-refractivity contribution is 0.489. The first-order chi connectivity index (χ1) is 6.53. The minimum absolute atomic E-state index is 0.216. The number of nitrogens with one attached hydrogen (secondary N) is 1. The van der Waals surface area contributed by atoms with Crippen molar-refractivity contribution in [1.29, 1.82) is 0 Å². The van der Waals surface area contributed by atoms with Crippen LogP contribution >= 0.6 is 11.8 Å². The van der Waals surface area contributed by atoms with E-state index in [0.717, 1.165) is 3.82 Å². The Morgan fingerprint density at radius 1 is 1.43 bits per heavy atom. The maximum Gasteiger partial charge on any atom is 0.260 e. The largest absolute Gasteiger partial charge is 0.367 e. The summed E-state index contributed by atoms with van der Waals surface area (Å²) in [6.07, 6.45) is -0.434. The van der Waals surface area contributed by atoms with Gasteiger partial charge in [-0.15, -0.1) is 0 Å². The summed E-state index contributed by atoms with van der Waals surface area (Å²) in [6, 6.07) is 6.68. The van der Waals surface area contributed by atoms with Gasteiger partial charge in [0.05, 0.1) is 5.69 Å². The van der Waals surface area contributed by atoms with Gasteiger partial charge in [0.2, 0.25) is 0 Å². The Hall–Kier alpha value is -0.780. The highest BCUT2D eigenvalue weighted by Crippen LogP contribution is 2.32. The smallest absolute Gasteiger partial charge is 0.260 e. The molecule has 0 fully saturated rings. The summed E-state index contributed by atoms with van der Waals surface area (Å²) in [6.45, 7) is 1.68. The molecule has 1 N–H and O–H groups in total. The minimum atomic E-state index is -3.53. The first kappa shape index (κ1) is 9.76. The van der Waals surface area contributed by atoms with Gasteiger partial charge in [-0.3, -0.25) is 0 Å². The number of hydrogen-bond donors (Lipinski definition) is 1. The van der Waals surface area contributed by atoms with Crippen LogP contribution in [0.1, 0.15) is 6.92 Å². The maximum atomic E-state index is 11.8. The van der Waals surface area contributed by atoms with Gasteiger partial charge < -0.3 is 5.32 Å². The Kier molecular flexibility index (Phi) is 2.17. The quantitative estimate of drug-likeness (QED) is 0.692. The number of fused-ring (bicyclic) bond motifs is 1. The Bertz CT molecular complexity index is 460. The fourth-order valence-electron chi connectivity index (χ4n) is 1.39. The predicted octanol–water partition coefficient (Wildman–Crippen LogP) is 1.60. The van der Waals surface area contributed by atoms with Gasteiger partial charge in [0.15, 0.2) is 0 Å². The molecular formula is C8H9ClN2O2S. The van der Waals surface area contributed by atoms with Crippen LogP contribution in [0.3, 0.4) is 0 Å². The van der Waals surface area contributed by atoms with Gasteiger partial charge in [0.1, 0.15) is 11.1 Å². The molecule has 0 spiro atoms. The van der Waals surface area contributed by atoms with E-state index < -0.39 is 16.2 Å². The van der Waals surface area contributed by atoms with Gasteiger partial charge >= 0.3 is 0 Å². The second kappa shape index (κ2) is 3.12. The van der Waals surface area contributed by atoms with Crippen LogP contribution in [0.5, 0.6) is 0 Å². The zero-order valence-corrected chi connectivity index (χ0v) is 9.01. The second-order valence-corrected chi connectivity index (χ2v) is 5.41. The third kappa shape index (κ3) is 1.28. The maximum absolute atomic E-state index is 11.8. The summed E-state index contributed by atoms with van der Waals surface area (Å²) < 4.78 is 24.3. The zero-order valence-electron chi connectivity index (χ0n) is 7.44. The van der Waals surface area contributed by atoms with Gasteiger partial charge in [-0.2, -0.15) is 0 Å². The van der Waals surface area contributed by atoms with Gasteiger partial charge in [0.25, 0.3) is 10.0 Å². The third-order valence-electron chi connectivity index (χ3n) is 2.06. The molecule has 6 heteroatoms. The molecule has 1 heterocycles. The summed E-state index contributed by atoms with van der Waals surface area (Å²) in [5.74, 6) is 0. The lowest BCUT2D eigenvalue weighted by Gasteiger charge is -2.29. The molecule has 1 unspecified atom stereocenters. The molecule has 1 aromatic rings. The summed E-state index contributed by atoms with van der Waals surface area (Å²) in [7, 11) is -3.53. The summed E-state index contributed by atoms with van der Waals surface area (Å²) >= 11 is 5.67. The molecule has 0 aromatic heterocycles. The summed E-state index contributed by atoms with van der Waals surface area (Å²) in [5.41, 5.74) is 0.594. The van der Waals surface area contributed by atoms with Crippen molar-refractivity contribution in [2.75, 3.05) is 5.32 Å². The molecule has 0 amide bonds. The van der Waals surface area contributed by atoms with Gasteiger partial charge in [-0.1, -0.05) is 16.0 Å². The van der Waals surface area contributed by atoms with E-state index in [2.05, 4.69) is 5.32 Å². The van der Waals surface area contributed by atoms with E-state index in [1.165, 1.54) is 6.07 Å². The fraction of sp³-hybridized carbons (Fsp3) is 0.250. The lowest BCUT2D eigenvalue weighted by atomic mass is 10.3. The van der Waals surface area contributed by atoms with E-state index in [4.69, 9.17) is 11.8 Å². The fourth-order valence-corrected chi connectivity index (χ4v) is 2.97. The van der Waals surface area contributed by atoms with Crippen molar-refractivity contribution >= 4 is 27.5 Å². The van der Waals surface area contributed by atoms with Crippen LogP contribution in [-0.4, -0.2) is 18.4 Å². The molecule has 1 aliphatic rings. The molecule has 1 aliphatic heterocycles. The predicted molar refractivity (Wildman–Crippen MR) is 54.4 cm³/mol. The second-order valence-electron chi connectivity index (χ2n) is 3.06. The van der Waals surface area contributed by atoms with E-state index in [1.54, 1.807) is 25.1 Å². The summed E-state index contributed by atoms with van der Waals surface area (Å²) in [5, 5.41) is 2.98. The Labute approximate surface area is 87.6 Å². The number of sulfonamides is 1. The van der Waals surface area contributed by atoms with Crippen molar-refractivity contribution in [1.82, 2.24) is 3.82 Å². The van der Waals surface area contributed by atoms with Crippen LogP contribution in [0.4, 0.5) is 5.69 Å². The first-order valence-electron chi connectivity index (χ1n) is 4.09. The van der Waals surface area contributed by atoms with Crippen molar-refractivity contribution < 1.29 is 8.42 Å². The average Bonchev–Trinajstić information content (AvgIpc) is 2.15. The standard InChI is InChI=1S/C8H9ClN2O2S/c1-6-10-7-4-2-3-5-8(7)14(12,13)11(6)9/h2-6,10H,1H3. The topological polar surface area (TPSA) is 49.4 Å². The molecule has 14 heavy (non-hydrogen) atoms. The molecule has 0 saturated carbocycles. The average molecular weight is 233 g/mol. The Morgan fingerprint density at radius 2 is 2.07 bits per heavy atom. The summed E-state index contributed by atoms with van der Waals surface area (Å²) in [4.78, 5) is 0.216. The van der Waals surface area contributed by atoms with E-state index >= 15 is 0 Å². The molecule has 76 valence electrons. The molecule has 0 saturated heterocycles. The number of hydrogen-bond acceptors (Lipinski definition) is 3. The van der Waals surface area contributed by atoms with Crippen molar-refractivity contribution in [3.63, 3.8) is 0 Å². The van der Waals surface area contributed by atoms with Crippen LogP contribution in [-0.2, 0) is 10.0 Å². The minimum Gasteiger partial charge on any atom is -0.367 e. The Morgan fingerprint density at radius 3 is 2.79 bits per heavy atom.